The molecule has 2 amide bonds. The number of non-ortho nitro benzene ring substituents is 1. The number of imide groups is 1. The minimum absolute atomic E-state index is 0.136. The highest BCUT2D eigenvalue weighted by Gasteiger charge is 2.61. The van der Waals surface area contributed by atoms with Gasteiger partial charge in [-0.05, 0) is 61.1 Å². The highest BCUT2D eigenvalue weighted by atomic mass is 35.5. The molecule has 0 unspecified atom stereocenters. The van der Waals surface area contributed by atoms with Crippen LogP contribution in [0.25, 0.3) is 0 Å². The van der Waals surface area contributed by atoms with Crippen molar-refractivity contribution in [3.63, 3.8) is 0 Å². The van der Waals surface area contributed by atoms with E-state index in [0.29, 0.717) is 26.8 Å². The zero-order valence-electron chi connectivity index (χ0n) is 19.3. The summed E-state index contributed by atoms with van der Waals surface area (Å²) in [4.78, 5) is 46.9. The Labute approximate surface area is 220 Å². The first-order valence-electron chi connectivity index (χ1n) is 11.8. The molecular weight excluding hydrogens is 516 g/mol. The van der Waals surface area contributed by atoms with Gasteiger partial charge in [-0.15, -0.1) is 11.3 Å². The number of halogens is 1. The number of amides is 2. The van der Waals surface area contributed by atoms with Gasteiger partial charge in [-0.3, -0.25) is 24.5 Å². The molecule has 9 nitrogen and oxygen atoms in total. The van der Waals surface area contributed by atoms with E-state index in [1.165, 1.54) is 28.5 Å². The molecule has 0 spiro atoms. The Kier molecular flexibility index (Phi) is 5.71. The molecule has 1 aromatic heterocycles. The molecule has 3 aliphatic rings. The van der Waals surface area contributed by atoms with E-state index in [2.05, 4.69) is 6.07 Å². The first-order chi connectivity index (χ1) is 17.9. The number of nitro groups is 1. The standard InChI is InChI=1S/C26H19ClN4O5S/c27-15-8-10-16(11-9-15)30-22(14-4-3-5-17(12-14)31(34)35)21-23(36-30)25(33)29(24(21)32)26-19(13-28)18-6-1-2-7-20(18)37-26/h3-5,8-12,21-23H,1-2,6-7H2/t21-,22+,23-/m1/s1. The Hall–Kier alpha value is -3.78. The lowest BCUT2D eigenvalue weighted by Crippen LogP contribution is -2.37. The molecule has 2 aliphatic heterocycles. The third kappa shape index (κ3) is 3.70. The molecule has 6 rings (SSSR count). The Balaban J connectivity index is 1.45. The number of thiophene rings is 1. The summed E-state index contributed by atoms with van der Waals surface area (Å²) in [6.07, 6.45) is 2.38. The Morgan fingerprint density at radius 2 is 1.86 bits per heavy atom. The van der Waals surface area contributed by atoms with E-state index < -0.39 is 34.8 Å². The molecule has 1 aliphatic carbocycles. The van der Waals surface area contributed by atoms with E-state index in [0.717, 1.165) is 41.0 Å². The van der Waals surface area contributed by atoms with Gasteiger partial charge in [0.25, 0.3) is 11.6 Å². The average molecular weight is 535 g/mol. The van der Waals surface area contributed by atoms with Crippen LogP contribution in [0.5, 0.6) is 0 Å². The van der Waals surface area contributed by atoms with Crippen molar-refractivity contribution in [2.24, 2.45) is 5.92 Å². The number of anilines is 2. The zero-order valence-corrected chi connectivity index (χ0v) is 20.9. The van der Waals surface area contributed by atoms with Crippen LogP contribution < -0.4 is 9.96 Å². The van der Waals surface area contributed by atoms with E-state index in [1.807, 2.05) is 0 Å². The van der Waals surface area contributed by atoms with Crippen LogP contribution in [0.3, 0.4) is 0 Å². The molecule has 3 heterocycles. The Morgan fingerprint density at radius 1 is 1.11 bits per heavy atom. The number of fused-ring (bicyclic) bond motifs is 2. The van der Waals surface area contributed by atoms with Gasteiger partial charge in [0.1, 0.15) is 17.0 Å². The molecule has 0 radical (unpaired) electrons. The predicted octanol–water partition coefficient (Wildman–Crippen LogP) is 5.11. The SMILES string of the molecule is N#Cc1c(N2C(=O)[C@H]3[C@@H](ON(c4ccc(Cl)cc4)[C@H]3c3cccc([N+](=O)[O-])c3)C2=O)sc2c1CCCC2. The van der Waals surface area contributed by atoms with E-state index in [9.17, 15) is 25.0 Å². The molecule has 3 aromatic rings. The molecule has 2 fully saturated rings. The van der Waals surface area contributed by atoms with E-state index in [-0.39, 0.29) is 5.69 Å². The summed E-state index contributed by atoms with van der Waals surface area (Å²) in [6, 6.07) is 14.1. The summed E-state index contributed by atoms with van der Waals surface area (Å²) in [7, 11) is 0. The maximum Gasteiger partial charge on any atom is 0.269 e. The largest absolute Gasteiger partial charge is 0.273 e. The average Bonchev–Trinajstić information content (AvgIpc) is 3.54. The van der Waals surface area contributed by atoms with Crippen LogP contribution in [0.4, 0.5) is 16.4 Å². The smallest absolute Gasteiger partial charge is 0.269 e. The van der Waals surface area contributed by atoms with Crippen molar-refractivity contribution in [2.45, 2.75) is 37.8 Å². The second-order valence-corrected chi connectivity index (χ2v) is 10.7. The molecule has 0 N–H and O–H groups in total. The molecular formula is C26H19ClN4O5S. The van der Waals surface area contributed by atoms with Gasteiger partial charge < -0.3 is 0 Å². The van der Waals surface area contributed by atoms with Crippen LogP contribution in [0, 0.1) is 27.4 Å². The lowest BCUT2D eigenvalue weighted by Gasteiger charge is -2.28. The number of nitro benzene ring substituents is 1. The fraction of sp³-hybridized carbons (Fsp3) is 0.269. The minimum Gasteiger partial charge on any atom is -0.273 e. The van der Waals surface area contributed by atoms with Crippen LogP contribution >= 0.6 is 22.9 Å². The first-order valence-corrected chi connectivity index (χ1v) is 13.0. The van der Waals surface area contributed by atoms with Crippen molar-refractivity contribution < 1.29 is 19.3 Å². The maximum atomic E-state index is 14.0. The summed E-state index contributed by atoms with van der Waals surface area (Å²) < 4.78 is 0. The van der Waals surface area contributed by atoms with E-state index in [4.69, 9.17) is 16.4 Å². The van der Waals surface area contributed by atoms with Crippen molar-refractivity contribution in [3.05, 3.63) is 85.2 Å². The topological polar surface area (TPSA) is 117 Å². The second kappa shape index (κ2) is 8.95. The number of hydrogen-bond donors (Lipinski definition) is 0. The van der Waals surface area contributed by atoms with Gasteiger partial charge >= 0.3 is 0 Å². The second-order valence-electron chi connectivity index (χ2n) is 9.17. The van der Waals surface area contributed by atoms with Crippen LogP contribution in [0.15, 0.2) is 48.5 Å². The number of nitrogens with zero attached hydrogens (tertiary/aromatic N) is 4. The van der Waals surface area contributed by atoms with Gasteiger partial charge in [0.15, 0.2) is 6.10 Å². The van der Waals surface area contributed by atoms with Gasteiger partial charge in [0.2, 0.25) is 5.91 Å². The van der Waals surface area contributed by atoms with Gasteiger partial charge in [-0.2, -0.15) is 5.26 Å². The van der Waals surface area contributed by atoms with E-state index >= 15 is 0 Å². The van der Waals surface area contributed by atoms with Crippen molar-refractivity contribution in [3.8, 4) is 6.07 Å². The maximum absolute atomic E-state index is 14.0. The number of carbonyl (C=O) groups is 2. The molecule has 3 atom stereocenters. The highest BCUT2D eigenvalue weighted by Crippen LogP contribution is 2.50. The van der Waals surface area contributed by atoms with Crippen molar-refractivity contribution in [2.75, 3.05) is 9.96 Å². The Bertz CT molecular complexity index is 1500. The van der Waals surface area contributed by atoms with Gasteiger partial charge in [0.05, 0.1) is 22.2 Å². The molecule has 2 aromatic carbocycles. The quantitative estimate of drug-likeness (QED) is 0.259. The van der Waals surface area contributed by atoms with Gasteiger partial charge in [-0.25, -0.2) is 9.96 Å². The third-order valence-electron chi connectivity index (χ3n) is 7.09. The summed E-state index contributed by atoms with van der Waals surface area (Å²) in [6.45, 7) is 0. The molecule has 186 valence electrons. The fourth-order valence-corrected chi connectivity index (χ4v) is 6.89. The number of benzene rings is 2. The predicted molar refractivity (Wildman–Crippen MR) is 136 cm³/mol. The zero-order chi connectivity index (χ0) is 25.8. The number of rotatable bonds is 4. The Morgan fingerprint density at radius 3 is 2.59 bits per heavy atom. The summed E-state index contributed by atoms with van der Waals surface area (Å²) in [5.74, 6) is -1.99. The molecule has 0 bridgehead atoms. The summed E-state index contributed by atoms with van der Waals surface area (Å²) >= 11 is 7.37. The van der Waals surface area contributed by atoms with E-state index in [1.54, 1.807) is 36.4 Å². The van der Waals surface area contributed by atoms with Crippen LogP contribution in [-0.4, -0.2) is 22.8 Å². The molecule has 37 heavy (non-hydrogen) atoms. The number of carbonyl (C=O) groups excluding carboxylic acids is 2. The highest BCUT2D eigenvalue weighted by molar-refractivity contribution is 7.17. The van der Waals surface area contributed by atoms with Crippen molar-refractivity contribution in [1.82, 2.24) is 0 Å². The number of nitriles is 1. The van der Waals surface area contributed by atoms with Crippen LogP contribution in [-0.2, 0) is 27.3 Å². The monoisotopic (exact) mass is 534 g/mol. The van der Waals surface area contributed by atoms with Crippen LogP contribution in [0.2, 0.25) is 5.02 Å². The summed E-state index contributed by atoms with van der Waals surface area (Å²) in [5, 5.41) is 23.7. The molecule has 0 saturated carbocycles. The lowest BCUT2D eigenvalue weighted by atomic mass is 9.90. The van der Waals surface area contributed by atoms with Crippen LogP contribution in [0.1, 0.15) is 40.5 Å². The third-order valence-corrected chi connectivity index (χ3v) is 8.62. The number of aryl methyl sites for hydroxylation is 1. The number of hydroxylamine groups is 1. The first kappa shape index (κ1) is 23.6. The van der Waals surface area contributed by atoms with Crippen molar-refractivity contribution in [1.29, 1.82) is 5.26 Å². The normalized spacial score (nSPS) is 22.6. The van der Waals surface area contributed by atoms with Gasteiger partial charge in [-0.1, -0.05) is 23.7 Å². The molecule has 2 saturated heterocycles. The van der Waals surface area contributed by atoms with Crippen molar-refractivity contribution >= 4 is 51.1 Å². The van der Waals surface area contributed by atoms with Gasteiger partial charge in [0, 0.05) is 22.0 Å². The summed E-state index contributed by atoms with van der Waals surface area (Å²) in [5.41, 5.74) is 2.17. The lowest BCUT2D eigenvalue weighted by molar-refractivity contribution is -0.384. The fourth-order valence-electron chi connectivity index (χ4n) is 5.41. The number of hydrogen-bond acceptors (Lipinski definition) is 8. The molecule has 11 heteroatoms. The minimum atomic E-state index is -1.14.